The summed E-state index contributed by atoms with van der Waals surface area (Å²) in [4.78, 5) is 17.5. The first-order chi connectivity index (χ1) is 13.2. The van der Waals surface area contributed by atoms with Gasteiger partial charge in [-0.25, -0.2) is 0 Å². The molecule has 1 heterocycles. The topological polar surface area (TPSA) is 58.1 Å². The fraction of sp³-hybridized carbons (Fsp3) is 0.0455. The van der Waals surface area contributed by atoms with Crippen LogP contribution in [0.5, 0.6) is 0 Å². The van der Waals surface area contributed by atoms with Crippen LogP contribution in [0.3, 0.4) is 0 Å². The summed E-state index contributed by atoms with van der Waals surface area (Å²) < 4.78 is 2.93. The Bertz CT molecular complexity index is 1330. The number of hydrogen-bond donors (Lipinski definition) is 0. The summed E-state index contributed by atoms with van der Waals surface area (Å²) >= 11 is 1.45. The average molecular weight is 367 g/mol. The fourth-order valence-corrected chi connectivity index (χ4v) is 4.13. The molecule has 0 fully saturated rings. The van der Waals surface area contributed by atoms with E-state index in [9.17, 15) is 4.79 Å². The van der Waals surface area contributed by atoms with Crippen molar-refractivity contribution in [1.82, 2.24) is 4.57 Å². The molecule has 27 heavy (non-hydrogen) atoms. The third-order valence-corrected chi connectivity index (χ3v) is 5.41. The molecule has 0 aliphatic heterocycles. The van der Waals surface area contributed by atoms with Crippen molar-refractivity contribution in [1.29, 1.82) is 5.26 Å². The number of carbonyl (C=O) groups is 1. The number of amides is 1. The van der Waals surface area contributed by atoms with Crippen LogP contribution in [0.4, 0.5) is 0 Å². The number of terminal acetylenes is 1. The molecule has 5 heteroatoms. The molecule has 3 aromatic carbocycles. The number of aromatic nitrogens is 1. The van der Waals surface area contributed by atoms with Crippen LogP contribution in [0.1, 0.15) is 15.9 Å². The molecule has 0 saturated heterocycles. The number of rotatable bonds is 2. The van der Waals surface area contributed by atoms with Crippen LogP contribution in [0.2, 0.25) is 0 Å². The maximum atomic E-state index is 12.6. The summed E-state index contributed by atoms with van der Waals surface area (Å²) in [7, 11) is 0. The maximum Gasteiger partial charge on any atom is 0.279 e. The monoisotopic (exact) mass is 367 g/mol. The zero-order valence-electron chi connectivity index (χ0n) is 14.2. The van der Waals surface area contributed by atoms with E-state index in [2.05, 4.69) is 23.0 Å². The van der Waals surface area contributed by atoms with Gasteiger partial charge in [0.25, 0.3) is 5.91 Å². The summed E-state index contributed by atoms with van der Waals surface area (Å²) in [5.41, 5.74) is 1.90. The van der Waals surface area contributed by atoms with Crippen LogP contribution in [-0.2, 0) is 6.54 Å². The van der Waals surface area contributed by atoms with Crippen molar-refractivity contribution in [3.63, 3.8) is 0 Å². The third-order valence-electron chi connectivity index (χ3n) is 4.28. The van der Waals surface area contributed by atoms with E-state index in [4.69, 9.17) is 11.7 Å². The van der Waals surface area contributed by atoms with Gasteiger partial charge in [-0.15, -0.1) is 6.42 Å². The van der Waals surface area contributed by atoms with E-state index in [0.29, 0.717) is 22.5 Å². The van der Waals surface area contributed by atoms with Gasteiger partial charge >= 0.3 is 0 Å². The van der Waals surface area contributed by atoms with E-state index < -0.39 is 0 Å². The molecule has 0 saturated carbocycles. The van der Waals surface area contributed by atoms with Crippen LogP contribution in [0.15, 0.2) is 65.7 Å². The van der Waals surface area contributed by atoms with Crippen molar-refractivity contribution in [2.45, 2.75) is 6.54 Å². The summed E-state index contributed by atoms with van der Waals surface area (Å²) in [5.74, 6) is 2.28. The summed E-state index contributed by atoms with van der Waals surface area (Å²) in [6.45, 7) is 0.331. The van der Waals surface area contributed by atoms with Gasteiger partial charge < -0.3 is 4.57 Å². The molecule has 0 unspecified atom stereocenters. The normalized spacial score (nSPS) is 11.4. The molecule has 4 rings (SSSR count). The first kappa shape index (κ1) is 16.8. The Morgan fingerprint density at radius 2 is 1.89 bits per heavy atom. The first-order valence-electron chi connectivity index (χ1n) is 8.25. The maximum absolute atomic E-state index is 12.6. The predicted octanol–water partition coefficient (Wildman–Crippen LogP) is 4.10. The number of thiazole rings is 1. The second-order valence-electron chi connectivity index (χ2n) is 5.92. The van der Waals surface area contributed by atoms with Crippen molar-refractivity contribution in [2.75, 3.05) is 0 Å². The lowest BCUT2D eigenvalue weighted by Crippen LogP contribution is -2.16. The number of benzene rings is 3. The van der Waals surface area contributed by atoms with Crippen LogP contribution in [0.25, 0.3) is 21.0 Å². The zero-order chi connectivity index (χ0) is 18.8. The van der Waals surface area contributed by atoms with Crippen molar-refractivity contribution < 1.29 is 4.79 Å². The number of hydrogen-bond acceptors (Lipinski definition) is 3. The molecule has 0 radical (unpaired) electrons. The Hall–Kier alpha value is -3.67. The minimum absolute atomic E-state index is 0.331. The second-order valence-corrected chi connectivity index (χ2v) is 6.89. The molecule has 1 amide bonds. The van der Waals surface area contributed by atoms with Crippen LogP contribution in [-0.4, -0.2) is 10.5 Å². The average Bonchev–Trinajstić information content (AvgIpc) is 3.06. The highest BCUT2D eigenvalue weighted by molar-refractivity contribution is 7.17. The highest BCUT2D eigenvalue weighted by atomic mass is 32.1. The Balaban J connectivity index is 1.91. The number of fused-ring (bicyclic) bond motifs is 3. The lowest BCUT2D eigenvalue weighted by atomic mass is 10.1. The molecule has 4 nitrogen and oxygen atoms in total. The SMILES string of the molecule is C#CCn1c(=NC(=O)c2ccc(C#N)cc2)sc2c3ccccc3ccc21. The third kappa shape index (κ3) is 3.01. The van der Waals surface area contributed by atoms with Gasteiger partial charge in [0.1, 0.15) is 0 Å². The van der Waals surface area contributed by atoms with Gasteiger partial charge in [0.05, 0.1) is 28.4 Å². The molecule has 128 valence electrons. The van der Waals surface area contributed by atoms with E-state index in [1.807, 2.05) is 34.9 Å². The molecule has 0 N–H and O–H groups in total. The Labute approximate surface area is 159 Å². The Morgan fingerprint density at radius 1 is 1.11 bits per heavy atom. The van der Waals surface area contributed by atoms with E-state index in [1.165, 1.54) is 11.3 Å². The smallest absolute Gasteiger partial charge is 0.279 e. The minimum atomic E-state index is -0.360. The van der Waals surface area contributed by atoms with Gasteiger partial charge in [-0.1, -0.05) is 47.6 Å². The summed E-state index contributed by atoms with van der Waals surface area (Å²) in [6, 6.07) is 20.6. The van der Waals surface area contributed by atoms with Gasteiger partial charge in [-0.05, 0) is 35.7 Å². The van der Waals surface area contributed by atoms with E-state index in [0.717, 1.165) is 21.0 Å². The fourth-order valence-electron chi connectivity index (χ4n) is 2.97. The van der Waals surface area contributed by atoms with Crippen LogP contribution in [0, 0.1) is 23.7 Å². The molecule has 1 aromatic heterocycles. The Morgan fingerprint density at radius 3 is 2.63 bits per heavy atom. The highest BCUT2D eigenvalue weighted by Gasteiger charge is 2.11. The van der Waals surface area contributed by atoms with Crippen molar-refractivity contribution in [2.24, 2.45) is 4.99 Å². The van der Waals surface area contributed by atoms with E-state index in [1.54, 1.807) is 24.3 Å². The van der Waals surface area contributed by atoms with Gasteiger partial charge in [0.2, 0.25) is 0 Å². The molecule has 0 spiro atoms. The van der Waals surface area contributed by atoms with Crippen molar-refractivity contribution >= 4 is 38.2 Å². The summed E-state index contributed by atoms with van der Waals surface area (Å²) in [5, 5.41) is 11.1. The zero-order valence-corrected chi connectivity index (χ0v) is 15.0. The van der Waals surface area contributed by atoms with E-state index in [-0.39, 0.29) is 5.91 Å². The second kappa shape index (κ2) is 6.92. The standard InChI is InChI=1S/C22H13N3OS/c1-2-13-25-19-12-11-16-5-3-4-6-18(16)20(19)27-22(25)24-21(26)17-9-7-15(14-23)8-10-17/h1,3-12H,13H2. The molecule has 4 aromatic rings. The molecule has 0 atom stereocenters. The number of nitrogens with zero attached hydrogens (tertiary/aromatic N) is 3. The first-order valence-corrected chi connectivity index (χ1v) is 9.06. The van der Waals surface area contributed by atoms with Crippen molar-refractivity contribution in [3.8, 4) is 18.4 Å². The van der Waals surface area contributed by atoms with E-state index >= 15 is 0 Å². The van der Waals surface area contributed by atoms with Gasteiger partial charge in [0, 0.05) is 10.9 Å². The largest absolute Gasteiger partial charge is 0.305 e. The lowest BCUT2D eigenvalue weighted by Gasteiger charge is -2.02. The van der Waals surface area contributed by atoms with Gasteiger partial charge in [-0.2, -0.15) is 10.3 Å². The van der Waals surface area contributed by atoms with Crippen LogP contribution < -0.4 is 4.80 Å². The number of nitriles is 1. The molecule has 0 aliphatic rings. The quantitative estimate of drug-likeness (QED) is 0.501. The molecule has 0 bridgehead atoms. The Kier molecular flexibility index (Phi) is 4.30. The highest BCUT2D eigenvalue weighted by Crippen LogP contribution is 2.27. The summed E-state index contributed by atoms with van der Waals surface area (Å²) in [6.07, 6.45) is 5.54. The van der Waals surface area contributed by atoms with Crippen molar-refractivity contribution in [3.05, 3.63) is 76.6 Å². The molecular weight excluding hydrogens is 354 g/mol. The van der Waals surface area contributed by atoms with Crippen LogP contribution >= 0.6 is 11.3 Å². The molecule has 0 aliphatic carbocycles. The predicted molar refractivity (Wildman–Crippen MR) is 107 cm³/mol. The minimum Gasteiger partial charge on any atom is -0.305 e. The van der Waals surface area contributed by atoms with Gasteiger partial charge in [-0.3, -0.25) is 4.79 Å². The lowest BCUT2D eigenvalue weighted by molar-refractivity contribution is 0.0998. The number of carbonyl (C=O) groups excluding carboxylic acids is 1. The molecular formula is C22H13N3OS. The van der Waals surface area contributed by atoms with Gasteiger partial charge in [0.15, 0.2) is 4.80 Å².